The number of nitrogens with zero attached hydrogens (tertiary/aromatic N) is 2. The van der Waals surface area contributed by atoms with Gasteiger partial charge in [-0.15, -0.1) is 0 Å². The van der Waals surface area contributed by atoms with Crippen molar-refractivity contribution < 1.29 is 14.3 Å². The van der Waals surface area contributed by atoms with E-state index >= 15 is 0 Å². The molecule has 1 saturated heterocycles. The van der Waals surface area contributed by atoms with Crippen LogP contribution in [0.15, 0.2) is 48.6 Å². The molecule has 0 radical (unpaired) electrons. The largest absolute Gasteiger partial charge is 0.486 e. The predicted octanol–water partition coefficient (Wildman–Crippen LogP) is 4.86. The van der Waals surface area contributed by atoms with Crippen molar-refractivity contribution in [3.63, 3.8) is 0 Å². The molecule has 6 nitrogen and oxygen atoms in total. The van der Waals surface area contributed by atoms with Crippen LogP contribution in [0, 0.1) is 5.92 Å². The molecule has 2 aromatic rings. The van der Waals surface area contributed by atoms with E-state index in [1.807, 2.05) is 43.2 Å². The second kappa shape index (κ2) is 10.4. The first-order valence-corrected chi connectivity index (χ1v) is 13.0. The summed E-state index contributed by atoms with van der Waals surface area (Å²) in [5.74, 6) is 2.35. The van der Waals surface area contributed by atoms with Crippen LogP contribution in [0.1, 0.15) is 42.9 Å². The van der Waals surface area contributed by atoms with Crippen molar-refractivity contribution >= 4 is 23.4 Å². The molecule has 0 unspecified atom stereocenters. The highest BCUT2D eigenvalue weighted by atomic mass is 16.6. The van der Waals surface area contributed by atoms with Crippen LogP contribution >= 0.6 is 0 Å². The lowest BCUT2D eigenvalue weighted by Gasteiger charge is -2.36. The molecule has 1 amide bonds. The molecule has 1 atom stereocenters. The molecule has 3 aliphatic rings. The lowest BCUT2D eigenvalue weighted by Crippen LogP contribution is -2.44. The van der Waals surface area contributed by atoms with Gasteiger partial charge in [0.2, 0.25) is 5.91 Å². The van der Waals surface area contributed by atoms with Gasteiger partial charge < -0.3 is 20.1 Å². The van der Waals surface area contributed by atoms with Crippen molar-refractivity contribution in [2.24, 2.45) is 5.92 Å². The highest BCUT2D eigenvalue weighted by Crippen LogP contribution is 2.40. The quantitative estimate of drug-likeness (QED) is 0.466. The zero-order valence-corrected chi connectivity index (χ0v) is 21.5. The number of carbonyl (C=O) groups is 1. The van der Waals surface area contributed by atoms with Crippen molar-refractivity contribution in [1.29, 1.82) is 0 Å². The molecule has 0 bridgehead atoms. The average molecular weight is 488 g/mol. The fourth-order valence-electron chi connectivity index (χ4n) is 5.50. The van der Waals surface area contributed by atoms with Crippen molar-refractivity contribution in [1.82, 2.24) is 4.90 Å². The fraction of sp³-hybridized carbons (Fsp3) is 0.433. The Morgan fingerprint density at radius 1 is 1.19 bits per heavy atom. The smallest absolute Gasteiger partial charge is 0.227 e. The van der Waals surface area contributed by atoms with E-state index in [2.05, 4.69) is 29.7 Å². The first kappa shape index (κ1) is 24.4. The molecule has 6 heteroatoms. The number of benzene rings is 2. The Balaban J connectivity index is 1.16. The fourth-order valence-corrected chi connectivity index (χ4v) is 5.50. The zero-order valence-electron chi connectivity index (χ0n) is 21.5. The molecule has 0 aliphatic carbocycles. The Bertz CT molecular complexity index is 1180. The number of hydrogen-bond donors (Lipinski definition) is 1. The lowest BCUT2D eigenvalue weighted by molar-refractivity contribution is -0.118. The third-order valence-electron chi connectivity index (χ3n) is 7.62. The van der Waals surface area contributed by atoms with Crippen molar-refractivity contribution in [3.8, 4) is 11.5 Å². The summed E-state index contributed by atoms with van der Waals surface area (Å²) in [5.41, 5.74) is 12.4. The van der Waals surface area contributed by atoms with Gasteiger partial charge in [-0.1, -0.05) is 30.4 Å². The summed E-state index contributed by atoms with van der Waals surface area (Å²) in [7, 11) is 1.89. The molecule has 0 saturated carbocycles. The molecular formula is C30H37N3O3. The SMILES string of the molecule is C=C(C)/C=C\c1c(N)ccc2c1O[C@@H](CN1CCC(Cc3ccc4c(c3)N(C)C(=O)CC4)CC1)CO2. The van der Waals surface area contributed by atoms with Gasteiger partial charge in [0, 0.05) is 37.0 Å². The topological polar surface area (TPSA) is 68.0 Å². The maximum absolute atomic E-state index is 12.1. The van der Waals surface area contributed by atoms with Crippen LogP contribution in [-0.4, -0.2) is 50.2 Å². The van der Waals surface area contributed by atoms with Crippen LogP contribution in [0.3, 0.4) is 0 Å². The Labute approximate surface area is 214 Å². The monoisotopic (exact) mass is 487 g/mol. The van der Waals surface area contributed by atoms with Crippen LogP contribution in [0.25, 0.3) is 6.08 Å². The van der Waals surface area contributed by atoms with E-state index in [9.17, 15) is 4.79 Å². The number of carbonyl (C=O) groups excluding carboxylic acids is 1. The van der Waals surface area contributed by atoms with Crippen molar-refractivity contribution in [3.05, 3.63) is 65.3 Å². The van der Waals surface area contributed by atoms with Crippen LogP contribution in [-0.2, 0) is 17.6 Å². The highest BCUT2D eigenvalue weighted by molar-refractivity contribution is 5.95. The standard InChI is InChI=1S/C30H37N3O3/c1-20(2)4-8-25-26(31)9-10-28-30(25)36-24(19-35-28)18-33-14-12-21(13-15-33)16-22-5-6-23-7-11-29(34)32(3)27(23)17-22/h4-6,8-10,17,21,24H,1,7,11-16,18-19,31H2,2-3H3/b8-4-/t24-/m0/s1. The summed E-state index contributed by atoms with van der Waals surface area (Å²) in [6.45, 7) is 9.39. The molecule has 1 fully saturated rings. The van der Waals surface area contributed by atoms with Gasteiger partial charge in [0.05, 0.1) is 0 Å². The van der Waals surface area contributed by atoms with Gasteiger partial charge in [-0.3, -0.25) is 9.69 Å². The van der Waals surface area contributed by atoms with Gasteiger partial charge in [0.1, 0.15) is 12.7 Å². The molecule has 2 N–H and O–H groups in total. The Morgan fingerprint density at radius 3 is 2.78 bits per heavy atom. The summed E-state index contributed by atoms with van der Waals surface area (Å²) < 4.78 is 12.5. The van der Waals surface area contributed by atoms with Gasteiger partial charge in [-0.05, 0) is 87.0 Å². The number of rotatable bonds is 6. The average Bonchev–Trinajstić information content (AvgIpc) is 2.87. The van der Waals surface area contributed by atoms with E-state index in [1.165, 1.54) is 11.1 Å². The zero-order chi connectivity index (χ0) is 25.2. The Hall–Kier alpha value is -3.25. The van der Waals surface area contributed by atoms with E-state index in [0.29, 0.717) is 24.6 Å². The van der Waals surface area contributed by atoms with Gasteiger partial charge in [0.25, 0.3) is 0 Å². The number of likely N-dealkylation sites (tertiary alicyclic amines) is 1. The number of amides is 1. The molecule has 0 aromatic heterocycles. The number of nitrogens with two attached hydrogens (primary N) is 1. The van der Waals surface area contributed by atoms with E-state index in [-0.39, 0.29) is 12.0 Å². The summed E-state index contributed by atoms with van der Waals surface area (Å²) in [5, 5.41) is 0. The summed E-state index contributed by atoms with van der Waals surface area (Å²) in [6, 6.07) is 10.5. The number of aryl methyl sites for hydroxylation is 1. The minimum Gasteiger partial charge on any atom is -0.486 e. The van der Waals surface area contributed by atoms with E-state index in [1.54, 1.807) is 0 Å². The minimum atomic E-state index is -0.0263. The van der Waals surface area contributed by atoms with E-state index in [0.717, 1.165) is 73.6 Å². The van der Waals surface area contributed by atoms with Crippen molar-refractivity contribution in [2.45, 2.75) is 45.1 Å². The molecule has 3 heterocycles. The van der Waals surface area contributed by atoms with E-state index < -0.39 is 0 Å². The number of allylic oxidation sites excluding steroid dienone is 2. The molecule has 5 rings (SSSR count). The maximum Gasteiger partial charge on any atom is 0.227 e. The highest BCUT2D eigenvalue weighted by Gasteiger charge is 2.28. The summed E-state index contributed by atoms with van der Waals surface area (Å²) in [6.07, 6.45) is 8.74. The van der Waals surface area contributed by atoms with Gasteiger partial charge in [0.15, 0.2) is 11.5 Å². The summed E-state index contributed by atoms with van der Waals surface area (Å²) >= 11 is 0. The van der Waals surface area contributed by atoms with Gasteiger partial charge in [-0.25, -0.2) is 0 Å². The number of nitrogen functional groups attached to an aromatic ring is 1. The number of fused-ring (bicyclic) bond motifs is 2. The second-order valence-corrected chi connectivity index (χ2v) is 10.5. The molecule has 3 aliphatic heterocycles. The molecule has 2 aromatic carbocycles. The summed E-state index contributed by atoms with van der Waals surface area (Å²) in [4.78, 5) is 16.4. The number of ether oxygens (including phenoxy) is 2. The number of anilines is 2. The minimum absolute atomic E-state index is 0.0263. The second-order valence-electron chi connectivity index (χ2n) is 10.5. The third kappa shape index (κ3) is 5.29. The molecule has 36 heavy (non-hydrogen) atoms. The third-order valence-corrected chi connectivity index (χ3v) is 7.62. The predicted molar refractivity (Wildman–Crippen MR) is 146 cm³/mol. The Morgan fingerprint density at radius 2 is 2.00 bits per heavy atom. The van der Waals surface area contributed by atoms with Gasteiger partial charge >= 0.3 is 0 Å². The Kier molecular flexibility index (Phi) is 7.06. The van der Waals surface area contributed by atoms with Crippen LogP contribution in [0.2, 0.25) is 0 Å². The van der Waals surface area contributed by atoms with Crippen molar-refractivity contribution in [2.75, 3.05) is 43.9 Å². The molecule has 0 spiro atoms. The number of piperidine rings is 1. The van der Waals surface area contributed by atoms with Crippen LogP contribution in [0.4, 0.5) is 11.4 Å². The van der Waals surface area contributed by atoms with Gasteiger partial charge in [-0.2, -0.15) is 0 Å². The normalized spacial score (nSPS) is 20.6. The first-order chi connectivity index (χ1) is 17.4. The van der Waals surface area contributed by atoms with E-state index in [4.69, 9.17) is 15.2 Å². The lowest BCUT2D eigenvalue weighted by atomic mass is 9.88. The number of hydrogen-bond acceptors (Lipinski definition) is 5. The molecular weight excluding hydrogens is 450 g/mol. The maximum atomic E-state index is 12.1. The molecule has 190 valence electrons. The van der Waals surface area contributed by atoms with Crippen LogP contribution in [0.5, 0.6) is 11.5 Å². The first-order valence-electron chi connectivity index (χ1n) is 13.0. The van der Waals surface area contributed by atoms with Crippen LogP contribution < -0.4 is 20.1 Å².